The fraction of sp³-hybridized carbons (Fsp3) is 0.133. The summed E-state index contributed by atoms with van der Waals surface area (Å²) in [6.45, 7) is 0.651. The maximum absolute atomic E-state index is 9.85. The third-order valence-electron chi connectivity index (χ3n) is 3.26. The molecule has 0 aliphatic heterocycles. The van der Waals surface area contributed by atoms with Crippen LogP contribution in [0.25, 0.3) is 10.8 Å². The monoisotopic (exact) mass is 253 g/mol. The van der Waals surface area contributed by atoms with Crippen LogP contribution >= 0.6 is 0 Å². The zero-order chi connectivity index (χ0) is 13.2. The van der Waals surface area contributed by atoms with E-state index in [1.165, 1.54) is 0 Å². The number of nitrogens with zero attached hydrogens (tertiary/aromatic N) is 2. The highest BCUT2D eigenvalue weighted by molar-refractivity contribution is 5.97. The van der Waals surface area contributed by atoms with Gasteiger partial charge in [0.25, 0.3) is 0 Å². The molecule has 0 radical (unpaired) electrons. The van der Waals surface area contributed by atoms with Gasteiger partial charge in [0.1, 0.15) is 11.6 Å². The highest BCUT2D eigenvalue weighted by Gasteiger charge is 2.05. The molecular weight excluding hydrogens is 238 g/mol. The van der Waals surface area contributed by atoms with Crippen LogP contribution in [0.3, 0.4) is 0 Å². The molecule has 0 amide bonds. The molecule has 0 aliphatic rings. The third kappa shape index (κ3) is 2.12. The van der Waals surface area contributed by atoms with E-state index in [9.17, 15) is 5.11 Å². The van der Waals surface area contributed by atoms with Crippen LogP contribution in [0.15, 0.2) is 48.8 Å². The number of phenols is 1. The van der Waals surface area contributed by atoms with Crippen LogP contribution in [-0.4, -0.2) is 14.7 Å². The lowest BCUT2D eigenvalue weighted by molar-refractivity contribution is 0.481. The number of imidazole rings is 1. The van der Waals surface area contributed by atoms with Crippen molar-refractivity contribution in [3.8, 4) is 5.75 Å². The van der Waals surface area contributed by atoms with Crippen LogP contribution in [0, 0.1) is 0 Å². The van der Waals surface area contributed by atoms with Crippen molar-refractivity contribution in [3.05, 3.63) is 54.6 Å². The van der Waals surface area contributed by atoms with Crippen molar-refractivity contribution >= 4 is 16.5 Å². The average molecular weight is 253 g/mol. The molecule has 0 spiro atoms. The van der Waals surface area contributed by atoms with Gasteiger partial charge < -0.3 is 15.0 Å². The van der Waals surface area contributed by atoms with Crippen molar-refractivity contribution in [3.63, 3.8) is 0 Å². The second-order valence-electron chi connectivity index (χ2n) is 4.49. The largest absolute Gasteiger partial charge is 0.507 e. The third-order valence-corrected chi connectivity index (χ3v) is 3.26. The first-order valence-electron chi connectivity index (χ1n) is 6.16. The first-order chi connectivity index (χ1) is 9.25. The molecule has 0 aliphatic carbocycles. The van der Waals surface area contributed by atoms with Crippen molar-refractivity contribution in [2.24, 2.45) is 7.05 Å². The summed E-state index contributed by atoms with van der Waals surface area (Å²) in [5.74, 6) is 1.27. The predicted molar refractivity (Wildman–Crippen MR) is 76.1 cm³/mol. The lowest BCUT2D eigenvalue weighted by Crippen LogP contribution is -2.05. The van der Waals surface area contributed by atoms with Gasteiger partial charge in [-0.25, -0.2) is 4.98 Å². The molecule has 0 unspecified atom stereocenters. The summed E-state index contributed by atoms with van der Waals surface area (Å²) in [4.78, 5) is 4.28. The molecule has 0 atom stereocenters. The molecular formula is C15H15N3O. The van der Waals surface area contributed by atoms with E-state index in [0.29, 0.717) is 12.3 Å². The lowest BCUT2D eigenvalue weighted by atomic mass is 10.1. The molecule has 1 heterocycles. The molecule has 0 bridgehead atoms. The summed E-state index contributed by atoms with van der Waals surface area (Å²) in [7, 11) is 1.97. The minimum atomic E-state index is 0.304. The fourth-order valence-electron chi connectivity index (χ4n) is 2.19. The van der Waals surface area contributed by atoms with Crippen LogP contribution in [0.5, 0.6) is 5.75 Å². The van der Waals surface area contributed by atoms with E-state index < -0.39 is 0 Å². The van der Waals surface area contributed by atoms with E-state index >= 15 is 0 Å². The maximum atomic E-state index is 9.85. The summed E-state index contributed by atoms with van der Waals surface area (Å²) in [6.07, 6.45) is 3.71. The van der Waals surface area contributed by atoms with Crippen LogP contribution in [0.1, 0.15) is 5.82 Å². The minimum absolute atomic E-state index is 0.304. The van der Waals surface area contributed by atoms with Gasteiger partial charge in [0, 0.05) is 35.9 Å². The number of anilines is 1. The van der Waals surface area contributed by atoms with E-state index in [1.807, 2.05) is 48.1 Å². The standard InChI is InChI=1S/C15H15N3O/c1-18-9-8-16-15(18)10-17-13-6-2-5-12-11(13)4-3-7-14(12)19/h2-9,17,19H,10H2,1H3. The summed E-state index contributed by atoms with van der Waals surface area (Å²) >= 11 is 0. The van der Waals surface area contributed by atoms with Gasteiger partial charge in [-0.15, -0.1) is 0 Å². The van der Waals surface area contributed by atoms with Crippen molar-refractivity contribution in [2.75, 3.05) is 5.32 Å². The zero-order valence-corrected chi connectivity index (χ0v) is 10.7. The van der Waals surface area contributed by atoms with Gasteiger partial charge in [-0.3, -0.25) is 0 Å². The number of fused-ring (bicyclic) bond motifs is 1. The average Bonchev–Trinajstić information content (AvgIpc) is 2.82. The highest BCUT2D eigenvalue weighted by Crippen LogP contribution is 2.29. The van der Waals surface area contributed by atoms with Crippen LogP contribution in [0.4, 0.5) is 5.69 Å². The topological polar surface area (TPSA) is 50.1 Å². The summed E-state index contributed by atoms with van der Waals surface area (Å²) in [5.41, 5.74) is 0.997. The fourth-order valence-corrected chi connectivity index (χ4v) is 2.19. The number of aromatic nitrogens is 2. The van der Waals surface area contributed by atoms with E-state index in [2.05, 4.69) is 10.3 Å². The van der Waals surface area contributed by atoms with Crippen LogP contribution in [-0.2, 0) is 13.6 Å². The van der Waals surface area contributed by atoms with Crippen molar-refractivity contribution < 1.29 is 5.11 Å². The molecule has 3 rings (SSSR count). The Hall–Kier alpha value is -2.49. The van der Waals surface area contributed by atoms with E-state index in [-0.39, 0.29) is 0 Å². The molecule has 0 saturated heterocycles. The Morgan fingerprint density at radius 1 is 1.16 bits per heavy atom. The number of aryl methyl sites for hydroxylation is 1. The second kappa shape index (κ2) is 4.65. The molecule has 3 aromatic rings. The normalized spacial score (nSPS) is 10.8. The van der Waals surface area contributed by atoms with E-state index in [0.717, 1.165) is 22.3 Å². The SMILES string of the molecule is Cn1ccnc1CNc1cccc2c(O)cccc12. The van der Waals surface area contributed by atoms with E-state index in [1.54, 1.807) is 12.3 Å². The number of phenolic OH excluding ortho intramolecular Hbond substituents is 1. The molecule has 4 nitrogen and oxygen atoms in total. The smallest absolute Gasteiger partial charge is 0.127 e. The molecule has 4 heteroatoms. The molecule has 0 saturated carbocycles. The maximum Gasteiger partial charge on any atom is 0.127 e. The van der Waals surface area contributed by atoms with Crippen LogP contribution < -0.4 is 5.32 Å². The summed E-state index contributed by atoms with van der Waals surface area (Å²) < 4.78 is 1.98. The van der Waals surface area contributed by atoms with Gasteiger partial charge in [-0.05, 0) is 12.1 Å². The Morgan fingerprint density at radius 3 is 2.74 bits per heavy atom. The van der Waals surface area contributed by atoms with Gasteiger partial charge in [-0.1, -0.05) is 24.3 Å². The summed E-state index contributed by atoms with van der Waals surface area (Å²) in [6, 6.07) is 11.4. The molecule has 0 fully saturated rings. The Labute approximate surface area is 111 Å². The quantitative estimate of drug-likeness (QED) is 0.754. The molecule has 2 aromatic carbocycles. The first kappa shape index (κ1) is 11.6. The van der Waals surface area contributed by atoms with Gasteiger partial charge in [0.15, 0.2) is 0 Å². The lowest BCUT2D eigenvalue weighted by Gasteiger charge is -2.10. The van der Waals surface area contributed by atoms with Gasteiger partial charge in [0.05, 0.1) is 6.54 Å². The number of benzene rings is 2. The van der Waals surface area contributed by atoms with Gasteiger partial charge >= 0.3 is 0 Å². The molecule has 2 N–H and O–H groups in total. The van der Waals surface area contributed by atoms with E-state index in [4.69, 9.17) is 0 Å². The molecule has 19 heavy (non-hydrogen) atoms. The Balaban J connectivity index is 1.93. The molecule has 96 valence electrons. The molecule has 1 aromatic heterocycles. The first-order valence-corrected chi connectivity index (χ1v) is 6.16. The Morgan fingerprint density at radius 2 is 1.95 bits per heavy atom. The van der Waals surface area contributed by atoms with Crippen LogP contribution in [0.2, 0.25) is 0 Å². The predicted octanol–water partition coefficient (Wildman–Crippen LogP) is 2.89. The number of rotatable bonds is 3. The zero-order valence-electron chi connectivity index (χ0n) is 10.7. The number of aromatic hydroxyl groups is 1. The van der Waals surface area contributed by atoms with Crippen molar-refractivity contribution in [1.29, 1.82) is 0 Å². The van der Waals surface area contributed by atoms with Gasteiger partial charge in [-0.2, -0.15) is 0 Å². The minimum Gasteiger partial charge on any atom is -0.507 e. The Kier molecular flexibility index (Phi) is 2.83. The second-order valence-corrected chi connectivity index (χ2v) is 4.49. The number of hydrogen-bond acceptors (Lipinski definition) is 3. The van der Waals surface area contributed by atoms with Gasteiger partial charge in [0.2, 0.25) is 0 Å². The Bertz CT molecular complexity index is 718. The summed E-state index contributed by atoms with van der Waals surface area (Å²) in [5, 5.41) is 15.1. The van der Waals surface area contributed by atoms with Crippen molar-refractivity contribution in [1.82, 2.24) is 9.55 Å². The number of nitrogens with one attached hydrogen (secondary N) is 1. The number of hydrogen-bond donors (Lipinski definition) is 2. The van der Waals surface area contributed by atoms with Crippen molar-refractivity contribution in [2.45, 2.75) is 6.54 Å². The highest BCUT2D eigenvalue weighted by atomic mass is 16.3.